The van der Waals surface area contributed by atoms with E-state index in [9.17, 15) is 4.79 Å². The van der Waals surface area contributed by atoms with Gasteiger partial charge in [-0.3, -0.25) is 4.79 Å². The molecule has 1 atom stereocenters. The summed E-state index contributed by atoms with van der Waals surface area (Å²) in [5.74, 6) is 0.889. The third-order valence-corrected chi connectivity index (χ3v) is 4.21. The van der Waals surface area contributed by atoms with Crippen molar-refractivity contribution in [1.29, 1.82) is 0 Å². The van der Waals surface area contributed by atoms with Gasteiger partial charge in [0.15, 0.2) is 5.78 Å². The molecule has 1 nitrogen and oxygen atoms in total. The largest absolute Gasteiger partial charge is 0.295 e. The molecule has 0 bridgehead atoms. The highest BCUT2D eigenvalue weighted by Crippen LogP contribution is 2.46. The molecule has 1 unspecified atom stereocenters. The fourth-order valence-corrected chi connectivity index (χ4v) is 2.68. The SMILES string of the molecule is CCC(=O)/C=C(/C)C1(CC)C=C(C(C)C)CC1. The molecule has 17 heavy (non-hydrogen) atoms. The third kappa shape index (κ3) is 3.08. The molecule has 0 N–H and O–H groups in total. The first-order valence-corrected chi connectivity index (χ1v) is 6.88. The van der Waals surface area contributed by atoms with Crippen LogP contribution in [0.15, 0.2) is 23.3 Å². The summed E-state index contributed by atoms with van der Waals surface area (Å²) in [6.07, 6.45) is 8.38. The zero-order chi connectivity index (χ0) is 13.1. The van der Waals surface area contributed by atoms with Crippen molar-refractivity contribution in [2.75, 3.05) is 0 Å². The average Bonchev–Trinajstić information content (AvgIpc) is 2.74. The van der Waals surface area contributed by atoms with Crippen LogP contribution < -0.4 is 0 Å². The quantitative estimate of drug-likeness (QED) is 0.498. The lowest BCUT2D eigenvalue weighted by Crippen LogP contribution is -2.16. The van der Waals surface area contributed by atoms with Gasteiger partial charge in [-0.05, 0) is 38.2 Å². The molecule has 0 aliphatic heterocycles. The van der Waals surface area contributed by atoms with Crippen LogP contribution in [0, 0.1) is 11.3 Å². The van der Waals surface area contributed by atoms with E-state index in [0.717, 1.165) is 6.42 Å². The molecule has 0 aromatic heterocycles. The number of hydrogen-bond donors (Lipinski definition) is 0. The molecule has 0 saturated carbocycles. The third-order valence-electron chi connectivity index (χ3n) is 4.21. The normalized spacial score (nSPS) is 25.3. The molecule has 0 radical (unpaired) electrons. The van der Waals surface area contributed by atoms with Crippen LogP contribution in [0.1, 0.15) is 60.3 Å². The Kier molecular flexibility index (Phi) is 4.73. The second kappa shape index (κ2) is 5.66. The maximum Gasteiger partial charge on any atom is 0.155 e. The van der Waals surface area contributed by atoms with Crippen molar-refractivity contribution in [1.82, 2.24) is 0 Å². The highest BCUT2D eigenvalue weighted by molar-refractivity contribution is 5.90. The molecule has 1 rings (SSSR count). The van der Waals surface area contributed by atoms with Crippen molar-refractivity contribution in [2.45, 2.75) is 60.3 Å². The molecule has 1 heteroatoms. The van der Waals surface area contributed by atoms with Gasteiger partial charge in [-0.25, -0.2) is 0 Å². The van der Waals surface area contributed by atoms with Gasteiger partial charge < -0.3 is 0 Å². The van der Waals surface area contributed by atoms with E-state index in [1.165, 1.54) is 18.4 Å². The Morgan fingerprint density at radius 3 is 2.53 bits per heavy atom. The minimum Gasteiger partial charge on any atom is -0.295 e. The number of carbonyl (C=O) groups excluding carboxylic acids is 1. The molecule has 0 spiro atoms. The Balaban J connectivity index is 2.99. The van der Waals surface area contributed by atoms with Crippen molar-refractivity contribution in [3.8, 4) is 0 Å². The number of ketones is 1. The Hall–Kier alpha value is -0.850. The molecule has 96 valence electrons. The van der Waals surface area contributed by atoms with Crippen LogP contribution in [0.3, 0.4) is 0 Å². The first-order valence-electron chi connectivity index (χ1n) is 6.88. The Bertz CT molecular complexity index is 347. The van der Waals surface area contributed by atoms with Crippen molar-refractivity contribution < 1.29 is 4.79 Å². The Labute approximate surface area is 106 Å². The molecular weight excluding hydrogens is 208 g/mol. The minimum atomic E-state index is 0.157. The molecule has 0 saturated heterocycles. The van der Waals surface area contributed by atoms with Crippen LogP contribution in [-0.4, -0.2) is 5.78 Å². The first kappa shape index (κ1) is 14.2. The van der Waals surface area contributed by atoms with E-state index in [1.807, 2.05) is 13.0 Å². The summed E-state index contributed by atoms with van der Waals surface area (Å²) in [6.45, 7) is 10.8. The number of rotatable bonds is 5. The molecule has 1 aliphatic carbocycles. The van der Waals surface area contributed by atoms with Gasteiger partial charge in [-0.2, -0.15) is 0 Å². The lowest BCUT2D eigenvalue weighted by atomic mass is 9.77. The van der Waals surface area contributed by atoms with Gasteiger partial charge in [0, 0.05) is 11.8 Å². The van der Waals surface area contributed by atoms with Gasteiger partial charge >= 0.3 is 0 Å². The number of carbonyl (C=O) groups is 1. The van der Waals surface area contributed by atoms with Crippen LogP contribution in [0.2, 0.25) is 0 Å². The zero-order valence-electron chi connectivity index (χ0n) is 12.0. The summed E-state index contributed by atoms with van der Waals surface area (Å²) in [6, 6.07) is 0. The second-order valence-corrected chi connectivity index (χ2v) is 5.53. The predicted octanol–water partition coefficient (Wildman–Crippen LogP) is 4.68. The van der Waals surface area contributed by atoms with Crippen molar-refractivity contribution in [2.24, 2.45) is 11.3 Å². The lowest BCUT2D eigenvalue weighted by Gasteiger charge is -2.27. The number of hydrogen-bond acceptors (Lipinski definition) is 1. The minimum absolute atomic E-state index is 0.157. The number of allylic oxidation sites excluding steroid dienone is 4. The fraction of sp³-hybridized carbons (Fsp3) is 0.688. The molecule has 0 fully saturated rings. The van der Waals surface area contributed by atoms with Gasteiger partial charge in [0.1, 0.15) is 0 Å². The molecular formula is C16H26O. The van der Waals surface area contributed by atoms with E-state index in [0.29, 0.717) is 12.3 Å². The summed E-state index contributed by atoms with van der Waals surface area (Å²) >= 11 is 0. The Morgan fingerprint density at radius 1 is 1.47 bits per heavy atom. The first-order chi connectivity index (χ1) is 7.95. The summed E-state index contributed by atoms with van der Waals surface area (Å²) in [7, 11) is 0. The van der Waals surface area contributed by atoms with Gasteiger partial charge in [0.05, 0.1) is 0 Å². The average molecular weight is 234 g/mol. The van der Waals surface area contributed by atoms with E-state index < -0.39 is 0 Å². The maximum atomic E-state index is 11.6. The van der Waals surface area contributed by atoms with Crippen LogP contribution in [0.4, 0.5) is 0 Å². The molecule has 1 aliphatic rings. The monoisotopic (exact) mass is 234 g/mol. The molecule has 0 heterocycles. The van der Waals surface area contributed by atoms with Crippen molar-refractivity contribution >= 4 is 5.78 Å². The second-order valence-electron chi connectivity index (χ2n) is 5.53. The van der Waals surface area contributed by atoms with E-state index in [2.05, 4.69) is 33.8 Å². The topological polar surface area (TPSA) is 17.1 Å². The van der Waals surface area contributed by atoms with E-state index in [4.69, 9.17) is 0 Å². The van der Waals surface area contributed by atoms with Crippen LogP contribution >= 0.6 is 0 Å². The van der Waals surface area contributed by atoms with Gasteiger partial charge in [-0.15, -0.1) is 0 Å². The maximum absolute atomic E-state index is 11.6. The van der Waals surface area contributed by atoms with Crippen LogP contribution in [-0.2, 0) is 4.79 Å². The highest BCUT2D eigenvalue weighted by Gasteiger charge is 2.33. The van der Waals surface area contributed by atoms with E-state index in [1.54, 1.807) is 5.57 Å². The van der Waals surface area contributed by atoms with Crippen LogP contribution in [0.25, 0.3) is 0 Å². The summed E-state index contributed by atoms with van der Waals surface area (Å²) in [4.78, 5) is 11.6. The van der Waals surface area contributed by atoms with E-state index in [-0.39, 0.29) is 11.2 Å². The van der Waals surface area contributed by atoms with Crippen molar-refractivity contribution in [3.63, 3.8) is 0 Å². The van der Waals surface area contributed by atoms with Gasteiger partial charge in [0.25, 0.3) is 0 Å². The van der Waals surface area contributed by atoms with Crippen molar-refractivity contribution in [3.05, 3.63) is 23.3 Å². The van der Waals surface area contributed by atoms with Crippen LogP contribution in [0.5, 0.6) is 0 Å². The summed E-state index contributed by atoms with van der Waals surface area (Å²) in [5, 5.41) is 0. The molecule has 0 amide bonds. The standard InChI is InChI=1S/C16H26O/c1-6-15(17)10-13(5)16(7-2)9-8-14(11-16)12(3)4/h10-12H,6-9H2,1-5H3/b13-10-. The smallest absolute Gasteiger partial charge is 0.155 e. The van der Waals surface area contributed by atoms with Gasteiger partial charge in [0.2, 0.25) is 0 Å². The molecule has 0 aromatic rings. The zero-order valence-corrected chi connectivity index (χ0v) is 12.0. The molecule has 0 aromatic carbocycles. The summed E-state index contributed by atoms with van der Waals surface area (Å²) < 4.78 is 0. The Morgan fingerprint density at radius 2 is 2.12 bits per heavy atom. The highest BCUT2D eigenvalue weighted by atomic mass is 16.1. The van der Waals surface area contributed by atoms with E-state index >= 15 is 0 Å². The summed E-state index contributed by atoms with van der Waals surface area (Å²) in [5.41, 5.74) is 2.97. The van der Waals surface area contributed by atoms with Gasteiger partial charge in [-0.1, -0.05) is 44.9 Å². The predicted molar refractivity (Wildman–Crippen MR) is 73.9 cm³/mol. The fourth-order valence-electron chi connectivity index (χ4n) is 2.68. The lowest BCUT2D eigenvalue weighted by molar-refractivity contribution is -0.114.